The van der Waals surface area contributed by atoms with Crippen LogP contribution in [0, 0.1) is 5.92 Å². The van der Waals surface area contributed by atoms with Crippen LogP contribution in [-0.2, 0) is 11.3 Å². The standard InChI is InChI=1S/C22H27N3O2S/c26-21(18-8-12-25(13-9-18)22(27)20-7-4-14-28-20)23-19-10-11-24(16-19)15-17-5-2-1-3-6-17/h1-7,14,18-19H,8-13,15-16H2,(H,23,26)/t19-/m1/s1. The van der Waals surface area contributed by atoms with E-state index in [1.807, 2.05) is 28.5 Å². The van der Waals surface area contributed by atoms with Gasteiger partial charge in [0.15, 0.2) is 0 Å². The number of rotatable bonds is 5. The van der Waals surface area contributed by atoms with E-state index in [1.54, 1.807) is 0 Å². The van der Waals surface area contributed by atoms with Crippen LogP contribution in [0.25, 0.3) is 0 Å². The summed E-state index contributed by atoms with van der Waals surface area (Å²) in [5, 5.41) is 5.18. The first-order chi connectivity index (χ1) is 13.7. The Bertz CT molecular complexity index is 785. The topological polar surface area (TPSA) is 52.7 Å². The Hall–Kier alpha value is -2.18. The van der Waals surface area contributed by atoms with Crippen LogP contribution >= 0.6 is 11.3 Å². The Balaban J connectivity index is 1.21. The molecule has 1 atom stereocenters. The van der Waals surface area contributed by atoms with Gasteiger partial charge in [0, 0.05) is 44.7 Å². The summed E-state index contributed by atoms with van der Waals surface area (Å²) >= 11 is 1.48. The van der Waals surface area contributed by atoms with E-state index in [2.05, 4.69) is 34.5 Å². The number of hydrogen-bond donors (Lipinski definition) is 1. The highest BCUT2D eigenvalue weighted by molar-refractivity contribution is 7.12. The van der Waals surface area contributed by atoms with Crippen molar-refractivity contribution in [3.63, 3.8) is 0 Å². The van der Waals surface area contributed by atoms with E-state index in [1.165, 1.54) is 16.9 Å². The van der Waals surface area contributed by atoms with Gasteiger partial charge >= 0.3 is 0 Å². The second-order valence-corrected chi connectivity index (χ2v) is 8.71. The van der Waals surface area contributed by atoms with Crippen LogP contribution in [-0.4, -0.2) is 53.8 Å². The maximum Gasteiger partial charge on any atom is 0.263 e. The monoisotopic (exact) mass is 397 g/mol. The molecule has 0 unspecified atom stereocenters. The molecule has 6 heteroatoms. The van der Waals surface area contributed by atoms with Crippen LogP contribution in [0.5, 0.6) is 0 Å². The first-order valence-corrected chi connectivity index (χ1v) is 11.0. The Morgan fingerprint density at radius 3 is 2.50 bits per heavy atom. The van der Waals surface area contributed by atoms with Gasteiger partial charge < -0.3 is 10.2 Å². The quantitative estimate of drug-likeness (QED) is 0.844. The van der Waals surface area contributed by atoms with Gasteiger partial charge in [0.2, 0.25) is 5.91 Å². The molecule has 2 saturated heterocycles. The molecule has 0 bridgehead atoms. The number of carbonyl (C=O) groups excluding carboxylic acids is 2. The number of likely N-dealkylation sites (tertiary alicyclic amines) is 2. The van der Waals surface area contributed by atoms with E-state index in [0.29, 0.717) is 13.1 Å². The molecule has 28 heavy (non-hydrogen) atoms. The molecule has 0 radical (unpaired) electrons. The zero-order valence-corrected chi connectivity index (χ0v) is 16.9. The maximum absolute atomic E-state index is 12.7. The fourth-order valence-electron chi connectivity index (χ4n) is 4.16. The number of benzene rings is 1. The lowest BCUT2D eigenvalue weighted by molar-refractivity contribution is -0.126. The smallest absolute Gasteiger partial charge is 0.263 e. The maximum atomic E-state index is 12.7. The summed E-state index contributed by atoms with van der Waals surface area (Å²) in [7, 11) is 0. The molecule has 0 spiro atoms. The van der Waals surface area contributed by atoms with Crippen molar-refractivity contribution in [3.05, 3.63) is 58.3 Å². The van der Waals surface area contributed by atoms with Crippen LogP contribution < -0.4 is 5.32 Å². The van der Waals surface area contributed by atoms with Crippen molar-refractivity contribution in [2.75, 3.05) is 26.2 Å². The van der Waals surface area contributed by atoms with Crippen LogP contribution in [0.3, 0.4) is 0 Å². The molecule has 4 rings (SSSR count). The van der Waals surface area contributed by atoms with Gasteiger partial charge in [0.05, 0.1) is 4.88 Å². The van der Waals surface area contributed by atoms with Crippen molar-refractivity contribution in [2.45, 2.75) is 31.8 Å². The molecular weight excluding hydrogens is 370 g/mol. The molecule has 1 aromatic heterocycles. The minimum Gasteiger partial charge on any atom is -0.352 e. The highest BCUT2D eigenvalue weighted by Gasteiger charge is 2.31. The number of amides is 2. The molecule has 1 N–H and O–H groups in total. The van der Waals surface area contributed by atoms with E-state index < -0.39 is 0 Å². The normalized spacial score (nSPS) is 21.0. The molecule has 0 aliphatic carbocycles. The predicted molar refractivity (Wildman–Crippen MR) is 111 cm³/mol. The molecule has 3 heterocycles. The van der Waals surface area contributed by atoms with Crippen molar-refractivity contribution in [1.29, 1.82) is 0 Å². The summed E-state index contributed by atoms with van der Waals surface area (Å²) in [6.45, 7) is 4.21. The summed E-state index contributed by atoms with van der Waals surface area (Å²) in [4.78, 5) is 30.2. The molecule has 1 aromatic carbocycles. The Kier molecular flexibility index (Phi) is 6.07. The minimum absolute atomic E-state index is 0.0237. The predicted octanol–water partition coefficient (Wildman–Crippen LogP) is 2.99. The first kappa shape index (κ1) is 19.2. The molecule has 148 valence electrons. The summed E-state index contributed by atoms with van der Waals surface area (Å²) in [6, 6.07) is 14.5. The Morgan fingerprint density at radius 1 is 1.00 bits per heavy atom. The Morgan fingerprint density at radius 2 is 1.79 bits per heavy atom. The number of carbonyl (C=O) groups is 2. The van der Waals surface area contributed by atoms with E-state index in [0.717, 1.165) is 43.8 Å². The van der Waals surface area contributed by atoms with Gasteiger partial charge in [-0.05, 0) is 36.3 Å². The first-order valence-electron chi connectivity index (χ1n) is 10.1. The lowest BCUT2D eigenvalue weighted by atomic mass is 9.95. The van der Waals surface area contributed by atoms with Gasteiger partial charge in [-0.1, -0.05) is 36.4 Å². The summed E-state index contributed by atoms with van der Waals surface area (Å²) < 4.78 is 0. The van der Waals surface area contributed by atoms with Gasteiger partial charge in [-0.2, -0.15) is 0 Å². The van der Waals surface area contributed by atoms with Crippen molar-refractivity contribution in [2.24, 2.45) is 5.92 Å². The highest BCUT2D eigenvalue weighted by atomic mass is 32.1. The van der Waals surface area contributed by atoms with Crippen LogP contribution in [0.1, 0.15) is 34.5 Å². The van der Waals surface area contributed by atoms with Crippen molar-refractivity contribution >= 4 is 23.2 Å². The molecule has 0 saturated carbocycles. The third kappa shape index (κ3) is 4.62. The van der Waals surface area contributed by atoms with E-state index >= 15 is 0 Å². The van der Waals surface area contributed by atoms with Crippen molar-refractivity contribution < 1.29 is 9.59 Å². The number of nitrogens with one attached hydrogen (secondary N) is 1. The van der Waals surface area contributed by atoms with Crippen molar-refractivity contribution in [1.82, 2.24) is 15.1 Å². The number of nitrogens with zero attached hydrogens (tertiary/aromatic N) is 2. The number of hydrogen-bond acceptors (Lipinski definition) is 4. The second kappa shape index (κ2) is 8.88. The molecule has 2 fully saturated rings. The molecule has 2 aliphatic heterocycles. The van der Waals surface area contributed by atoms with Gasteiger partial charge in [-0.15, -0.1) is 11.3 Å². The largest absolute Gasteiger partial charge is 0.352 e. The van der Waals surface area contributed by atoms with E-state index in [-0.39, 0.29) is 23.8 Å². The highest BCUT2D eigenvalue weighted by Crippen LogP contribution is 2.22. The molecule has 2 aliphatic rings. The molecular formula is C22H27N3O2S. The van der Waals surface area contributed by atoms with Crippen LogP contribution in [0.15, 0.2) is 47.8 Å². The molecule has 5 nitrogen and oxygen atoms in total. The van der Waals surface area contributed by atoms with Crippen LogP contribution in [0.2, 0.25) is 0 Å². The van der Waals surface area contributed by atoms with Gasteiger partial charge in [0.25, 0.3) is 5.91 Å². The third-order valence-corrected chi connectivity index (χ3v) is 6.61. The zero-order chi connectivity index (χ0) is 19.3. The summed E-state index contributed by atoms with van der Waals surface area (Å²) in [5.41, 5.74) is 1.32. The lowest BCUT2D eigenvalue weighted by Gasteiger charge is -2.31. The van der Waals surface area contributed by atoms with Crippen molar-refractivity contribution in [3.8, 4) is 0 Å². The van der Waals surface area contributed by atoms with Crippen LogP contribution in [0.4, 0.5) is 0 Å². The van der Waals surface area contributed by atoms with Gasteiger partial charge in [-0.3, -0.25) is 14.5 Å². The fraction of sp³-hybridized carbons (Fsp3) is 0.455. The fourth-order valence-corrected chi connectivity index (χ4v) is 4.85. The lowest BCUT2D eigenvalue weighted by Crippen LogP contribution is -2.45. The average Bonchev–Trinajstić information content (AvgIpc) is 3.41. The number of piperidine rings is 1. The average molecular weight is 398 g/mol. The Labute approximate surface area is 170 Å². The number of thiophene rings is 1. The van der Waals surface area contributed by atoms with Gasteiger partial charge in [-0.25, -0.2) is 0 Å². The minimum atomic E-state index is 0.0237. The summed E-state index contributed by atoms with van der Waals surface area (Å²) in [6.07, 6.45) is 2.51. The zero-order valence-electron chi connectivity index (χ0n) is 16.0. The van der Waals surface area contributed by atoms with E-state index in [9.17, 15) is 9.59 Å². The summed E-state index contributed by atoms with van der Waals surface area (Å²) in [5.74, 6) is 0.284. The van der Waals surface area contributed by atoms with E-state index in [4.69, 9.17) is 0 Å². The molecule has 2 aromatic rings. The third-order valence-electron chi connectivity index (χ3n) is 5.75. The second-order valence-electron chi connectivity index (χ2n) is 7.76. The SMILES string of the molecule is O=C(N[C@@H]1CCN(Cc2ccccc2)C1)C1CCN(C(=O)c2cccs2)CC1. The van der Waals surface area contributed by atoms with Gasteiger partial charge in [0.1, 0.15) is 0 Å². The molecule has 2 amide bonds.